The summed E-state index contributed by atoms with van der Waals surface area (Å²) in [5, 5.41) is 12.5. The van der Waals surface area contributed by atoms with Crippen molar-refractivity contribution < 1.29 is 0 Å². The summed E-state index contributed by atoms with van der Waals surface area (Å²) in [5.41, 5.74) is 1.94. The molecule has 2 rings (SSSR count). The van der Waals surface area contributed by atoms with Gasteiger partial charge in [0, 0.05) is 5.39 Å². The van der Waals surface area contributed by atoms with Crippen molar-refractivity contribution in [1.82, 2.24) is 9.36 Å². The summed E-state index contributed by atoms with van der Waals surface area (Å²) in [6.07, 6.45) is 0. The van der Waals surface area contributed by atoms with E-state index in [0.29, 0.717) is 11.3 Å². The van der Waals surface area contributed by atoms with Gasteiger partial charge in [0.2, 0.25) is 0 Å². The third-order valence-corrected chi connectivity index (χ3v) is 2.16. The van der Waals surface area contributed by atoms with Gasteiger partial charge in [0.15, 0.2) is 5.65 Å². The fourth-order valence-electron chi connectivity index (χ4n) is 0.977. The Morgan fingerprint density at radius 3 is 3.25 bits per heavy atom. The van der Waals surface area contributed by atoms with E-state index in [-0.39, 0.29) is 0 Å². The molecule has 0 atom stereocenters. The van der Waals surface area contributed by atoms with Gasteiger partial charge in [-0.05, 0) is 30.1 Å². The molecule has 0 N–H and O–H groups in total. The lowest BCUT2D eigenvalue weighted by Gasteiger charge is -1.93. The molecule has 57 valence electrons. The quantitative estimate of drug-likeness (QED) is 0.610. The number of hydrogen-bond donors (Lipinski definition) is 0. The van der Waals surface area contributed by atoms with Gasteiger partial charge in [0.25, 0.3) is 0 Å². The van der Waals surface area contributed by atoms with E-state index in [4.69, 9.17) is 5.26 Å². The van der Waals surface area contributed by atoms with Crippen molar-refractivity contribution in [1.29, 1.82) is 5.26 Å². The van der Waals surface area contributed by atoms with Crippen molar-refractivity contribution in [3.63, 3.8) is 0 Å². The van der Waals surface area contributed by atoms with Crippen molar-refractivity contribution in [2.24, 2.45) is 0 Å². The smallest absolute Gasteiger partial charge is 0.174 e. The summed E-state index contributed by atoms with van der Waals surface area (Å²) >= 11 is 1.23. The van der Waals surface area contributed by atoms with Gasteiger partial charge in [-0.2, -0.15) is 9.64 Å². The highest BCUT2D eigenvalue weighted by Gasteiger charge is 2.03. The second-order valence-electron chi connectivity index (χ2n) is 2.42. The number of pyridine rings is 1. The predicted octanol–water partition coefficient (Wildman–Crippen LogP) is 1.67. The summed E-state index contributed by atoms with van der Waals surface area (Å²) in [6.45, 7) is 1.86. The highest BCUT2D eigenvalue weighted by atomic mass is 32.1. The summed E-state index contributed by atoms with van der Waals surface area (Å²) in [4.78, 5) is 4.06. The minimum absolute atomic E-state index is 0.446. The lowest BCUT2D eigenvalue weighted by atomic mass is 10.2. The largest absolute Gasteiger partial charge is 0.216 e. The number of nitriles is 1. The summed E-state index contributed by atoms with van der Waals surface area (Å²) in [5.74, 6) is 0. The van der Waals surface area contributed by atoms with Gasteiger partial charge < -0.3 is 0 Å². The average Bonchev–Trinajstić information content (AvgIpc) is 2.49. The molecule has 2 aromatic heterocycles. The van der Waals surface area contributed by atoms with Gasteiger partial charge in [0.05, 0.1) is 5.38 Å². The first-order valence-electron chi connectivity index (χ1n) is 3.36. The number of nitrogens with zero attached hydrogens (tertiary/aromatic N) is 3. The Kier molecular flexibility index (Phi) is 1.52. The lowest BCUT2D eigenvalue weighted by molar-refractivity contribution is 1.25. The van der Waals surface area contributed by atoms with E-state index < -0.39 is 0 Å². The van der Waals surface area contributed by atoms with Crippen molar-refractivity contribution >= 4 is 22.6 Å². The highest BCUT2D eigenvalue weighted by molar-refractivity contribution is 7.04. The fourth-order valence-corrected chi connectivity index (χ4v) is 1.50. The fraction of sp³-hybridized carbons (Fsp3) is 0.125. The predicted molar refractivity (Wildman–Crippen MR) is 45.7 cm³/mol. The molecule has 4 heteroatoms. The Bertz CT molecular complexity index is 467. The van der Waals surface area contributed by atoms with Gasteiger partial charge in [0.1, 0.15) is 11.8 Å². The Balaban J connectivity index is 2.84. The van der Waals surface area contributed by atoms with Gasteiger partial charge in [-0.3, -0.25) is 0 Å². The van der Waals surface area contributed by atoms with Gasteiger partial charge in [-0.1, -0.05) is 0 Å². The van der Waals surface area contributed by atoms with Gasteiger partial charge in [-0.25, -0.2) is 4.98 Å². The third-order valence-electron chi connectivity index (χ3n) is 1.59. The molecule has 0 spiro atoms. The second kappa shape index (κ2) is 2.54. The van der Waals surface area contributed by atoms with E-state index in [0.717, 1.165) is 10.9 Å². The van der Waals surface area contributed by atoms with Gasteiger partial charge in [-0.15, -0.1) is 0 Å². The number of hydrogen-bond acceptors (Lipinski definition) is 4. The van der Waals surface area contributed by atoms with E-state index in [1.54, 1.807) is 0 Å². The van der Waals surface area contributed by atoms with Crippen molar-refractivity contribution in [3.05, 3.63) is 22.7 Å². The van der Waals surface area contributed by atoms with Crippen LogP contribution in [0.5, 0.6) is 0 Å². The molecule has 1 radical (unpaired) electrons. The summed E-state index contributed by atoms with van der Waals surface area (Å²) in [7, 11) is 0. The van der Waals surface area contributed by atoms with Crippen LogP contribution >= 0.6 is 11.5 Å². The van der Waals surface area contributed by atoms with Crippen LogP contribution in [0.2, 0.25) is 0 Å². The molecule has 3 nitrogen and oxygen atoms in total. The molecular formula is C8H4N3S. The first kappa shape index (κ1) is 7.19. The van der Waals surface area contributed by atoms with Crippen molar-refractivity contribution in [2.45, 2.75) is 6.92 Å². The molecule has 0 aromatic carbocycles. The SMILES string of the molecule is Cc1cc2[c]snc2nc1C#N. The minimum atomic E-state index is 0.446. The Morgan fingerprint density at radius 1 is 1.67 bits per heavy atom. The van der Waals surface area contributed by atoms with Crippen LogP contribution in [-0.2, 0) is 0 Å². The lowest BCUT2D eigenvalue weighted by Crippen LogP contribution is -1.87. The van der Waals surface area contributed by atoms with Crippen LogP contribution in [0, 0.1) is 23.6 Å². The van der Waals surface area contributed by atoms with E-state index in [9.17, 15) is 0 Å². The third kappa shape index (κ3) is 0.953. The maximum absolute atomic E-state index is 8.67. The van der Waals surface area contributed by atoms with E-state index in [1.807, 2.05) is 19.1 Å². The van der Waals surface area contributed by atoms with Crippen LogP contribution in [0.25, 0.3) is 11.0 Å². The van der Waals surface area contributed by atoms with Crippen LogP contribution in [0.4, 0.5) is 0 Å². The molecule has 0 fully saturated rings. The van der Waals surface area contributed by atoms with Crippen LogP contribution < -0.4 is 0 Å². The Morgan fingerprint density at radius 2 is 2.50 bits per heavy atom. The van der Waals surface area contributed by atoms with Crippen LogP contribution in [0.1, 0.15) is 11.3 Å². The zero-order valence-electron chi connectivity index (χ0n) is 6.33. The zero-order valence-corrected chi connectivity index (χ0v) is 7.14. The summed E-state index contributed by atoms with van der Waals surface area (Å²) < 4.78 is 3.99. The maximum Gasteiger partial charge on any atom is 0.174 e. The zero-order chi connectivity index (χ0) is 8.55. The monoisotopic (exact) mass is 174 g/mol. The van der Waals surface area contributed by atoms with Gasteiger partial charge >= 0.3 is 0 Å². The number of aromatic nitrogens is 2. The molecule has 0 aliphatic carbocycles. The van der Waals surface area contributed by atoms with E-state index in [1.165, 1.54) is 11.5 Å². The second-order valence-corrected chi connectivity index (χ2v) is 2.99. The molecule has 2 heterocycles. The Labute approximate surface area is 73.5 Å². The number of rotatable bonds is 0. The molecule has 0 aliphatic heterocycles. The molecule has 0 bridgehead atoms. The standard InChI is InChI=1S/C8H4N3S/c1-5-2-6-4-12-11-8(6)10-7(5)3-9/h2H,1H3. The number of aryl methyl sites for hydroxylation is 1. The molecule has 0 saturated heterocycles. The van der Waals surface area contributed by atoms with Crippen molar-refractivity contribution in [2.75, 3.05) is 0 Å². The topological polar surface area (TPSA) is 49.6 Å². The average molecular weight is 174 g/mol. The van der Waals surface area contributed by atoms with E-state index in [2.05, 4.69) is 14.7 Å². The molecule has 0 amide bonds. The first-order chi connectivity index (χ1) is 5.81. The van der Waals surface area contributed by atoms with Crippen LogP contribution in [0.15, 0.2) is 6.07 Å². The molecule has 0 unspecified atom stereocenters. The molecule has 2 aromatic rings. The summed E-state index contributed by atoms with van der Waals surface area (Å²) in [6, 6.07) is 3.90. The molecule has 0 saturated carbocycles. The normalized spacial score (nSPS) is 10.0. The minimum Gasteiger partial charge on any atom is -0.216 e. The number of fused-ring (bicyclic) bond motifs is 1. The molecule has 0 aliphatic rings. The first-order valence-corrected chi connectivity index (χ1v) is 4.13. The highest BCUT2D eigenvalue weighted by Crippen LogP contribution is 2.15. The van der Waals surface area contributed by atoms with E-state index >= 15 is 0 Å². The van der Waals surface area contributed by atoms with Crippen molar-refractivity contribution in [3.8, 4) is 6.07 Å². The van der Waals surface area contributed by atoms with Crippen LogP contribution in [-0.4, -0.2) is 9.36 Å². The molecule has 12 heavy (non-hydrogen) atoms. The molecular weight excluding hydrogens is 170 g/mol. The maximum atomic E-state index is 8.67. The Hall–Kier alpha value is -1.47. The van der Waals surface area contributed by atoms with Crippen LogP contribution in [0.3, 0.4) is 0 Å².